The van der Waals surface area contributed by atoms with Gasteiger partial charge in [0.15, 0.2) is 0 Å². The summed E-state index contributed by atoms with van der Waals surface area (Å²) in [7, 11) is 1.94. The SMILES string of the molecule is CNCC1(N)CCNC1. The molecule has 1 heterocycles. The van der Waals surface area contributed by atoms with E-state index in [0.717, 1.165) is 26.1 Å². The summed E-state index contributed by atoms with van der Waals surface area (Å²) in [6.07, 6.45) is 1.09. The average Bonchev–Trinajstić information content (AvgIpc) is 2.16. The molecule has 3 nitrogen and oxygen atoms in total. The van der Waals surface area contributed by atoms with Crippen molar-refractivity contribution in [3.05, 3.63) is 0 Å². The van der Waals surface area contributed by atoms with Crippen LogP contribution in [-0.4, -0.2) is 32.2 Å². The van der Waals surface area contributed by atoms with E-state index in [9.17, 15) is 0 Å². The molecule has 0 radical (unpaired) electrons. The molecule has 3 heteroatoms. The van der Waals surface area contributed by atoms with E-state index in [1.807, 2.05) is 7.05 Å². The van der Waals surface area contributed by atoms with Gasteiger partial charge in [-0.3, -0.25) is 0 Å². The summed E-state index contributed by atoms with van der Waals surface area (Å²) in [6, 6.07) is 0. The topological polar surface area (TPSA) is 50.1 Å². The van der Waals surface area contributed by atoms with E-state index in [4.69, 9.17) is 5.73 Å². The van der Waals surface area contributed by atoms with E-state index < -0.39 is 0 Å². The van der Waals surface area contributed by atoms with Crippen molar-refractivity contribution in [3.63, 3.8) is 0 Å². The number of rotatable bonds is 2. The van der Waals surface area contributed by atoms with Crippen LogP contribution in [-0.2, 0) is 0 Å². The van der Waals surface area contributed by atoms with Gasteiger partial charge < -0.3 is 16.4 Å². The Hall–Kier alpha value is -0.120. The Kier molecular flexibility index (Phi) is 2.05. The normalized spacial score (nSPS) is 35.3. The van der Waals surface area contributed by atoms with E-state index in [1.54, 1.807) is 0 Å². The molecule has 1 unspecified atom stereocenters. The van der Waals surface area contributed by atoms with Crippen LogP contribution in [0, 0.1) is 0 Å². The second-order valence-corrected chi connectivity index (χ2v) is 2.82. The maximum atomic E-state index is 5.94. The highest BCUT2D eigenvalue weighted by molar-refractivity contribution is 4.93. The van der Waals surface area contributed by atoms with E-state index >= 15 is 0 Å². The van der Waals surface area contributed by atoms with Crippen LogP contribution in [0.15, 0.2) is 0 Å². The van der Waals surface area contributed by atoms with Gasteiger partial charge in [0.2, 0.25) is 0 Å². The fraction of sp³-hybridized carbons (Fsp3) is 1.00. The maximum absolute atomic E-state index is 5.94. The van der Waals surface area contributed by atoms with Crippen LogP contribution in [0.2, 0.25) is 0 Å². The second kappa shape index (κ2) is 2.64. The molecule has 1 fully saturated rings. The second-order valence-electron chi connectivity index (χ2n) is 2.82. The van der Waals surface area contributed by atoms with Crippen molar-refractivity contribution in [1.29, 1.82) is 0 Å². The lowest BCUT2D eigenvalue weighted by molar-refractivity contribution is 0.446. The predicted octanol–water partition coefficient (Wildman–Crippen LogP) is -1.10. The van der Waals surface area contributed by atoms with E-state index in [-0.39, 0.29) is 5.54 Å². The Morgan fingerprint density at radius 2 is 2.56 bits per heavy atom. The zero-order chi connectivity index (χ0) is 6.74. The molecular formula is C6H15N3. The summed E-state index contributed by atoms with van der Waals surface area (Å²) in [5.74, 6) is 0. The minimum Gasteiger partial charge on any atom is -0.323 e. The van der Waals surface area contributed by atoms with Crippen molar-refractivity contribution in [3.8, 4) is 0 Å². The third-order valence-corrected chi connectivity index (χ3v) is 1.81. The van der Waals surface area contributed by atoms with Crippen molar-refractivity contribution >= 4 is 0 Å². The van der Waals surface area contributed by atoms with Gasteiger partial charge in [-0.1, -0.05) is 0 Å². The minimum absolute atomic E-state index is 0.0226. The van der Waals surface area contributed by atoms with Gasteiger partial charge in [0.25, 0.3) is 0 Å². The highest BCUT2D eigenvalue weighted by atomic mass is 15.0. The smallest absolute Gasteiger partial charge is 0.0419 e. The number of nitrogens with two attached hydrogens (primary N) is 1. The molecule has 9 heavy (non-hydrogen) atoms. The maximum Gasteiger partial charge on any atom is 0.0419 e. The van der Waals surface area contributed by atoms with Crippen LogP contribution in [0.1, 0.15) is 6.42 Å². The van der Waals surface area contributed by atoms with Crippen LogP contribution in [0.4, 0.5) is 0 Å². The lowest BCUT2D eigenvalue weighted by Crippen LogP contribution is -2.49. The van der Waals surface area contributed by atoms with Crippen molar-refractivity contribution in [2.45, 2.75) is 12.0 Å². The van der Waals surface area contributed by atoms with Gasteiger partial charge in [-0.05, 0) is 20.0 Å². The van der Waals surface area contributed by atoms with Crippen molar-refractivity contribution < 1.29 is 0 Å². The number of nitrogens with one attached hydrogen (secondary N) is 2. The summed E-state index contributed by atoms with van der Waals surface area (Å²) < 4.78 is 0. The monoisotopic (exact) mass is 129 g/mol. The quantitative estimate of drug-likeness (QED) is 0.443. The lowest BCUT2D eigenvalue weighted by Gasteiger charge is -2.21. The molecule has 1 atom stereocenters. The Morgan fingerprint density at radius 3 is 3.00 bits per heavy atom. The van der Waals surface area contributed by atoms with E-state index in [2.05, 4.69) is 10.6 Å². The predicted molar refractivity (Wildman–Crippen MR) is 38.3 cm³/mol. The third-order valence-electron chi connectivity index (χ3n) is 1.81. The molecule has 1 aliphatic rings. The largest absolute Gasteiger partial charge is 0.323 e. The van der Waals surface area contributed by atoms with Crippen LogP contribution < -0.4 is 16.4 Å². The Labute approximate surface area is 56.0 Å². The summed E-state index contributed by atoms with van der Waals surface area (Å²) in [4.78, 5) is 0. The molecule has 0 amide bonds. The average molecular weight is 129 g/mol. The number of hydrogen-bond donors (Lipinski definition) is 3. The van der Waals surface area contributed by atoms with Gasteiger partial charge in [0.1, 0.15) is 0 Å². The highest BCUT2D eigenvalue weighted by Crippen LogP contribution is 2.08. The van der Waals surface area contributed by atoms with Gasteiger partial charge in [-0.2, -0.15) is 0 Å². The Morgan fingerprint density at radius 1 is 1.78 bits per heavy atom. The molecule has 1 rings (SSSR count). The number of likely N-dealkylation sites (N-methyl/N-ethyl adjacent to an activating group) is 1. The fourth-order valence-corrected chi connectivity index (χ4v) is 1.27. The van der Waals surface area contributed by atoms with E-state index in [1.165, 1.54) is 0 Å². The van der Waals surface area contributed by atoms with Crippen molar-refractivity contribution in [1.82, 2.24) is 10.6 Å². The van der Waals surface area contributed by atoms with Crippen LogP contribution in [0.25, 0.3) is 0 Å². The lowest BCUT2D eigenvalue weighted by atomic mass is 10.0. The third kappa shape index (κ3) is 1.64. The molecule has 0 aromatic heterocycles. The molecule has 0 bridgehead atoms. The standard InChI is InChI=1S/C6H15N3/c1-8-4-6(7)2-3-9-5-6/h8-9H,2-5,7H2,1H3. The van der Waals surface area contributed by atoms with Crippen LogP contribution in [0.5, 0.6) is 0 Å². The van der Waals surface area contributed by atoms with Gasteiger partial charge >= 0.3 is 0 Å². The molecule has 54 valence electrons. The molecule has 1 saturated heterocycles. The molecule has 0 saturated carbocycles. The first kappa shape index (κ1) is 6.99. The Bertz CT molecular complexity index is 86.3. The summed E-state index contributed by atoms with van der Waals surface area (Å²) in [5, 5.41) is 6.32. The van der Waals surface area contributed by atoms with Gasteiger partial charge in [-0.25, -0.2) is 0 Å². The highest BCUT2D eigenvalue weighted by Gasteiger charge is 2.27. The molecule has 0 aliphatic carbocycles. The summed E-state index contributed by atoms with van der Waals surface area (Å²) in [6.45, 7) is 2.94. The van der Waals surface area contributed by atoms with Gasteiger partial charge in [0.05, 0.1) is 0 Å². The molecular weight excluding hydrogens is 114 g/mol. The van der Waals surface area contributed by atoms with Crippen LogP contribution in [0.3, 0.4) is 0 Å². The Balaban J connectivity index is 2.32. The summed E-state index contributed by atoms with van der Waals surface area (Å²) >= 11 is 0. The molecule has 4 N–H and O–H groups in total. The zero-order valence-electron chi connectivity index (χ0n) is 5.91. The van der Waals surface area contributed by atoms with Crippen molar-refractivity contribution in [2.24, 2.45) is 5.73 Å². The molecule has 0 spiro atoms. The molecule has 0 aromatic carbocycles. The van der Waals surface area contributed by atoms with Gasteiger partial charge in [-0.15, -0.1) is 0 Å². The van der Waals surface area contributed by atoms with Crippen molar-refractivity contribution in [2.75, 3.05) is 26.7 Å². The van der Waals surface area contributed by atoms with Crippen LogP contribution >= 0.6 is 0 Å². The first-order valence-electron chi connectivity index (χ1n) is 3.41. The van der Waals surface area contributed by atoms with Gasteiger partial charge in [0, 0.05) is 18.6 Å². The fourth-order valence-electron chi connectivity index (χ4n) is 1.27. The minimum atomic E-state index is 0.0226. The first-order chi connectivity index (χ1) is 4.27. The first-order valence-corrected chi connectivity index (χ1v) is 3.41. The van der Waals surface area contributed by atoms with E-state index in [0.29, 0.717) is 0 Å². The molecule has 1 aliphatic heterocycles. The molecule has 0 aromatic rings. The number of hydrogen-bond acceptors (Lipinski definition) is 3. The summed E-state index contributed by atoms with van der Waals surface area (Å²) in [5.41, 5.74) is 5.97. The zero-order valence-corrected chi connectivity index (χ0v) is 5.91.